The van der Waals surface area contributed by atoms with E-state index in [0.717, 1.165) is 36.2 Å². The van der Waals surface area contributed by atoms with Crippen LogP contribution in [0.5, 0.6) is 0 Å². The molecule has 1 amide bonds. The first-order chi connectivity index (χ1) is 13.1. The highest BCUT2D eigenvalue weighted by atomic mass is 35.5. The Hall–Kier alpha value is -2.66. The molecule has 1 aliphatic heterocycles. The lowest BCUT2D eigenvalue weighted by atomic mass is 9.97. The van der Waals surface area contributed by atoms with Crippen molar-refractivity contribution in [1.82, 2.24) is 14.9 Å². The zero-order valence-electron chi connectivity index (χ0n) is 14.7. The molecule has 4 nitrogen and oxygen atoms in total. The van der Waals surface area contributed by atoms with E-state index in [1.807, 2.05) is 29.2 Å². The first kappa shape index (κ1) is 17.7. The van der Waals surface area contributed by atoms with Gasteiger partial charge in [0, 0.05) is 25.1 Å². The van der Waals surface area contributed by atoms with Crippen LogP contribution in [0.4, 0.5) is 4.39 Å². The molecule has 4 rings (SSSR count). The number of rotatable bonds is 3. The highest BCUT2D eigenvalue weighted by Gasteiger charge is 2.25. The predicted octanol–water partition coefficient (Wildman–Crippen LogP) is 4.77. The Morgan fingerprint density at radius 2 is 2.15 bits per heavy atom. The average molecular weight is 384 g/mol. The van der Waals surface area contributed by atoms with E-state index in [1.54, 1.807) is 12.1 Å². The Morgan fingerprint density at radius 3 is 2.96 bits per heavy atom. The van der Waals surface area contributed by atoms with Gasteiger partial charge in [-0.25, -0.2) is 9.37 Å². The summed E-state index contributed by atoms with van der Waals surface area (Å²) in [6.45, 7) is 1.36. The van der Waals surface area contributed by atoms with Crippen LogP contribution < -0.4 is 0 Å². The fourth-order valence-electron chi connectivity index (χ4n) is 3.46. The molecule has 0 saturated carbocycles. The third kappa shape index (κ3) is 3.88. The third-order valence-electron chi connectivity index (χ3n) is 4.89. The Labute approximate surface area is 161 Å². The SMILES string of the molecule is O=C(/C=C/c1ccc(F)c(Cl)c1)N1CCCC(c2nc3ccccc3[nH]2)C1. The number of nitrogens with zero attached hydrogens (tertiary/aromatic N) is 2. The molecule has 138 valence electrons. The van der Waals surface area contributed by atoms with Crippen molar-refractivity contribution in [1.29, 1.82) is 0 Å². The molecule has 1 atom stereocenters. The maximum atomic E-state index is 13.2. The number of amides is 1. The zero-order chi connectivity index (χ0) is 18.8. The summed E-state index contributed by atoms with van der Waals surface area (Å²) in [6.07, 6.45) is 5.12. The molecule has 2 aromatic carbocycles. The number of para-hydroxylation sites is 2. The summed E-state index contributed by atoms with van der Waals surface area (Å²) < 4.78 is 13.2. The van der Waals surface area contributed by atoms with Crippen LogP contribution in [0.25, 0.3) is 17.1 Å². The quantitative estimate of drug-likeness (QED) is 0.662. The number of H-pyrrole nitrogens is 1. The standard InChI is InChI=1S/C21H19ClFN3O/c22-16-12-14(7-9-17(16)23)8-10-20(27)26-11-3-4-15(13-26)21-24-18-5-1-2-6-19(18)25-21/h1-2,5-10,12,15H,3-4,11,13H2,(H,24,25)/b10-8+. The van der Waals surface area contributed by atoms with E-state index in [0.29, 0.717) is 12.1 Å². The molecule has 1 aliphatic rings. The van der Waals surface area contributed by atoms with E-state index in [1.165, 1.54) is 18.2 Å². The van der Waals surface area contributed by atoms with Gasteiger partial charge in [-0.15, -0.1) is 0 Å². The van der Waals surface area contributed by atoms with Crippen LogP contribution in [0.3, 0.4) is 0 Å². The smallest absolute Gasteiger partial charge is 0.246 e. The minimum Gasteiger partial charge on any atom is -0.342 e. The van der Waals surface area contributed by atoms with Gasteiger partial charge in [-0.3, -0.25) is 4.79 Å². The van der Waals surface area contributed by atoms with Crippen LogP contribution >= 0.6 is 11.6 Å². The molecule has 27 heavy (non-hydrogen) atoms. The molecule has 2 heterocycles. The lowest BCUT2D eigenvalue weighted by molar-refractivity contribution is -0.127. The Balaban J connectivity index is 1.46. The van der Waals surface area contributed by atoms with Crippen LogP contribution in [0.2, 0.25) is 5.02 Å². The van der Waals surface area contributed by atoms with E-state index in [-0.39, 0.29) is 16.8 Å². The van der Waals surface area contributed by atoms with Crippen molar-refractivity contribution >= 4 is 34.6 Å². The number of nitrogens with one attached hydrogen (secondary N) is 1. The number of fused-ring (bicyclic) bond motifs is 1. The molecule has 1 unspecified atom stereocenters. The number of aromatic amines is 1. The number of benzene rings is 2. The maximum Gasteiger partial charge on any atom is 0.246 e. The van der Waals surface area contributed by atoms with Gasteiger partial charge in [-0.1, -0.05) is 29.8 Å². The fourth-order valence-corrected chi connectivity index (χ4v) is 3.64. The van der Waals surface area contributed by atoms with Crippen LogP contribution in [0.15, 0.2) is 48.5 Å². The number of hydrogen-bond donors (Lipinski definition) is 1. The van der Waals surface area contributed by atoms with Crippen LogP contribution in [0, 0.1) is 5.82 Å². The number of likely N-dealkylation sites (tertiary alicyclic amines) is 1. The van der Waals surface area contributed by atoms with E-state index >= 15 is 0 Å². The minimum atomic E-state index is -0.468. The number of carbonyl (C=O) groups is 1. The largest absolute Gasteiger partial charge is 0.342 e. The van der Waals surface area contributed by atoms with Crippen molar-refractivity contribution in [3.8, 4) is 0 Å². The van der Waals surface area contributed by atoms with Gasteiger partial charge in [0.15, 0.2) is 0 Å². The maximum absolute atomic E-state index is 13.2. The first-order valence-electron chi connectivity index (χ1n) is 8.97. The zero-order valence-corrected chi connectivity index (χ0v) is 15.4. The number of hydrogen-bond acceptors (Lipinski definition) is 2. The molecule has 0 aliphatic carbocycles. The van der Waals surface area contributed by atoms with Crippen molar-refractivity contribution in [3.05, 3.63) is 70.8 Å². The minimum absolute atomic E-state index is 0.0486. The summed E-state index contributed by atoms with van der Waals surface area (Å²) in [5.74, 6) is 0.605. The van der Waals surface area contributed by atoms with Crippen molar-refractivity contribution in [2.75, 3.05) is 13.1 Å². The molecule has 3 aromatic rings. The van der Waals surface area contributed by atoms with Crippen LogP contribution in [-0.2, 0) is 4.79 Å². The van der Waals surface area contributed by atoms with Crippen molar-refractivity contribution in [3.63, 3.8) is 0 Å². The summed E-state index contributed by atoms with van der Waals surface area (Å²) >= 11 is 5.78. The fraction of sp³-hybridized carbons (Fsp3) is 0.238. The van der Waals surface area contributed by atoms with E-state index in [2.05, 4.69) is 9.97 Å². The molecule has 1 N–H and O–H groups in total. The van der Waals surface area contributed by atoms with Crippen LogP contribution in [0.1, 0.15) is 30.1 Å². The molecular formula is C21H19ClFN3O. The third-order valence-corrected chi connectivity index (χ3v) is 5.18. The summed E-state index contributed by atoms with van der Waals surface area (Å²) in [5.41, 5.74) is 2.66. The topological polar surface area (TPSA) is 49.0 Å². The van der Waals surface area contributed by atoms with Gasteiger partial charge >= 0.3 is 0 Å². The number of imidazole rings is 1. The first-order valence-corrected chi connectivity index (χ1v) is 9.34. The highest BCUT2D eigenvalue weighted by molar-refractivity contribution is 6.30. The van der Waals surface area contributed by atoms with Gasteiger partial charge in [-0.05, 0) is 48.7 Å². The molecule has 6 heteroatoms. The van der Waals surface area contributed by atoms with Crippen molar-refractivity contribution in [2.45, 2.75) is 18.8 Å². The van der Waals surface area contributed by atoms with Crippen molar-refractivity contribution in [2.24, 2.45) is 0 Å². The van der Waals surface area contributed by atoms with Crippen LogP contribution in [-0.4, -0.2) is 33.9 Å². The summed E-state index contributed by atoms with van der Waals surface area (Å²) in [5, 5.41) is 0.0486. The normalized spacial score (nSPS) is 17.7. The van der Waals surface area contributed by atoms with Gasteiger partial charge in [0.1, 0.15) is 11.6 Å². The number of halogens is 2. The summed E-state index contributed by atoms with van der Waals surface area (Å²) in [6, 6.07) is 12.3. The lowest BCUT2D eigenvalue weighted by Crippen LogP contribution is -2.38. The van der Waals surface area contributed by atoms with Gasteiger partial charge in [-0.2, -0.15) is 0 Å². The predicted molar refractivity (Wildman–Crippen MR) is 105 cm³/mol. The van der Waals surface area contributed by atoms with Gasteiger partial charge in [0.2, 0.25) is 5.91 Å². The Morgan fingerprint density at radius 1 is 1.30 bits per heavy atom. The second kappa shape index (κ2) is 7.53. The lowest BCUT2D eigenvalue weighted by Gasteiger charge is -2.31. The number of carbonyl (C=O) groups excluding carboxylic acids is 1. The molecule has 0 radical (unpaired) electrons. The molecule has 1 fully saturated rings. The highest BCUT2D eigenvalue weighted by Crippen LogP contribution is 2.27. The second-order valence-electron chi connectivity index (χ2n) is 6.77. The van der Waals surface area contributed by atoms with Gasteiger partial charge < -0.3 is 9.88 Å². The number of piperidine rings is 1. The van der Waals surface area contributed by atoms with Crippen molar-refractivity contribution < 1.29 is 9.18 Å². The molecule has 1 aromatic heterocycles. The van der Waals surface area contributed by atoms with E-state index in [4.69, 9.17) is 11.6 Å². The summed E-state index contributed by atoms with van der Waals surface area (Å²) in [4.78, 5) is 22.5. The second-order valence-corrected chi connectivity index (χ2v) is 7.18. The Kier molecular flexibility index (Phi) is 4.94. The molecule has 0 spiro atoms. The summed E-state index contributed by atoms with van der Waals surface area (Å²) in [7, 11) is 0. The van der Waals surface area contributed by atoms with Gasteiger partial charge in [0.05, 0.1) is 16.1 Å². The Bertz CT molecular complexity index is 981. The van der Waals surface area contributed by atoms with Gasteiger partial charge in [0.25, 0.3) is 0 Å². The average Bonchev–Trinajstić information content (AvgIpc) is 3.13. The monoisotopic (exact) mass is 383 g/mol. The molecule has 1 saturated heterocycles. The number of aromatic nitrogens is 2. The van der Waals surface area contributed by atoms with E-state index in [9.17, 15) is 9.18 Å². The molecular weight excluding hydrogens is 365 g/mol. The molecule has 0 bridgehead atoms. The van der Waals surface area contributed by atoms with E-state index < -0.39 is 5.82 Å².